The summed E-state index contributed by atoms with van der Waals surface area (Å²) in [5.41, 5.74) is -0.408. The fraction of sp³-hybridized carbons (Fsp3) is 0.500. The van der Waals surface area contributed by atoms with E-state index in [1.54, 1.807) is 31.2 Å². The van der Waals surface area contributed by atoms with Crippen molar-refractivity contribution in [3.8, 4) is 0 Å². The highest BCUT2D eigenvalue weighted by molar-refractivity contribution is 6.15. The molecule has 0 bridgehead atoms. The Kier molecular flexibility index (Phi) is 4.07. The molecule has 1 saturated heterocycles. The molecule has 0 N–H and O–H groups in total. The van der Waals surface area contributed by atoms with Gasteiger partial charge in [0.2, 0.25) is 11.6 Å². The zero-order valence-corrected chi connectivity index (χ0v) is 14.2. The number of hydrogen-bond acceptors (Lipinski definition) is 4. The van der Waals surface area contributed by atoms with E-state index >= 15 is 0 Å². The van der Waals surface area contributed by atoms with Crippen LogP contribution in [0.15, 0.2) is 24.3 Å². The van der Waals surface area contributed by atoms with Crippen LogP contribution in [0, 0.1) is 5.92 Å². The minimum Gasteiger partial charge on any atom is -0.463 e. The first-order valence-electron chi connectivity index (χ1n) is 8.34. The van der Waals surface area contributed by atoms with E-state index in [1.165, 1.54) is 9.80 Å². The summed E-state index contributed by atoms with van der Waals surface area (Å²) < 4.78 is 5.28. The van der Waals surface area contributed by atoms with E-state index in [0.29, 0.717) is 17.8 Å². The number of benzene rings is 1. The number of nitrogens with zero attached hydrogens (tertiary/aromatic N) is 2. The molecule has 0 unspecified atom stereocenters. The van der Waals surface area contributed by atoms with Crippen LogP contribution in [0.5, 0.6) is 0 Å². The van der Waals surface area contributed by atoms with E-state index in [4.69, 9.17) is 4.74 Å². The predicted octanol–water partition coefficient (Wildman–Crippen LogP) is 2.18. The highest BCUT2D eigenvalue weighted by atomic mass is 16.5. The SMILES string of the molecule is CCOC(=O)[C@@]12CCC(=O)N1c1ccccc1C(=O)N2CC(C)C. The topological polar surface area (TPSA) is 66.9 Å². The Morgan fingerprint density at radius 1 is 1.29 bits per heavy atom. The Morgan fingerprint density at radius 3 is 2.67 bits per heavy atom. The van der Waals surface area contributed by atoms with Crippen LogP contribution in [0.3, 0.4) is 0 Å². The standard InChI is InChI=1S/C18H22N2O4/c1-4-24-17(23)18-10-9-15(21)20(18)14-8-6-5-7-13(14)16(22)19(18)11-12(2)3/h5-8,12H,4,9-11H2,1-3H3/t18-/m1/s1. The fourth-order valence-electron chi connectivity index (χ4n) is 3.61. The average Bonchev–Trinajstić information content (AvgIpc) is 2.90. The van der Waals surface area contributed by atoms with Gasteiger partial charge in [0, 0.05) is 19.4 Å². The molecule has 6 nitrogen and oxygen atoms in total. The van der Waals surface area contributed by atoms with Gasteiger partial charge in [-0.15, -0.1) is 0 Å². The maximum Gasteiger partial charge on any atom is 0.353 e. The first-order valence-corrected chi connectivity index (χ1v) is 8.34. The second kappa shape index (κ2) is 5.92. The molecule has 1 atom stereocenters. The number of rotatable bonds is 4. The van der Waals surface area contributed by atoms with Crippen LogP contribution in [0.2, 0.25) is 0 Å². The minimum absolute atomic E-state index is 0.156. The summed E-state index contributed by atoms with van der Waals surface area (Å²) in [6, 6.07) is 6.96. The molecule has 0 aromatic heterocycles. The van der Waals surface area contributed by atoms with Gasteiger partial charge in [0.25, 0.3) is 5.91 Å². The lowest BCUT2D eigenvalue weighted by atomic mass is 9.95. The molecule has 1 aromatic carbocycles. The molecule has 2 aliphatic heterocycles. The summed E-state index contributed by atoms with van der Waals surface area (Å²) in [6.07, 6.45) is 0.479. The largest absolute Gasteiger partial charge is 0.463 e. The second-order valence-electron chi connectivity index (χ2n) is 6.59. The Hall–Kier alpha value is -2.37. The number of carbonyl (C=O) groups excluding carboxylic acids is 3. The monoisotopic (exact) mass is 330 g/mol. The summed E-state index contributed by atoms with van der Waals surface area (Å²) in [7, 11) is 0. The number of ether oxygens (including phenoxy) is 1. The van der Waals surface area contributed by atoms with Gasteiger partial charge in [-0.1, -0.05) is 26.0 Å². The molecule has 0 saturated carbocycles. The molecule has 2 aliphatic rings. The lowest BCUT2D eigenvalue weighted by Crippen LogP contribution is -2.69. The van der Waals surface area contributed by atoms with Gasteiger partial charge < -0.3 is 9.64 Å². The Bertz CT molecular complexity index is 700. The smallest absolute Gasteiger partial charge is 0.353 e. The average molecular weight is 330 g/mol. The van der Waals surface area contributed by atoms with Gasteiger partial charge in [-0.05, 0) is 25.0 Å². The van der Waals surface area contributed by atoms with Gasteiger partial charge in [0.1, 0.15) is 0 Å². The van der Waals surface area contributed by atoms with E-state index in [2.05, 4.69) is 0 Å². The molecule has 2 heterocycles. The Balaban J connectivity index is 2.22. The first-order chi connectivity index (χ1) is 11.4. The molecule has 0 aliphatic carbocycles. The van der Waals surface area contributed by atoms with E-state index in [-0.39, 0.29) is 37.2 Å². The molecular formula is C18H22N2O4. The number of fused-ring (bicyclic) bond motifs is 3. The maximum atomic E-state index is 13.1. The van der Waals surface area contributed by atoms with Crippen molar-refractivity contribution in [3.63, 3.8) is 0 Å². The van der Waals surface area contributed by atoms with Crippen LogP contribution in [0.1, 0.15) is 44.0 Å². The molecule has 0 spiro atoms. The van der Waals surface area contributed by atoms with Gasteiger partial charge >= 0.3 is 5.97 Å². The third kappa shape index (κ3) is 2.20. The minimum atomic E-state index is -1.36. The number of esters is 1. The fourth-order valence-corrected chi connectivity index (χ4v) is 3.61. The number of amides is 2. The van der Waals surface area contributed by atoms with Crippen LogP contribution < -0.4 is 4.90 Å². The number of para-hydroxylation sites is 1. The quantitative estimate of drug-likeness (QED) is 0.794. The second-order valence-corrected chi connectivity index (χ2v) is 6.59. The number of carbonyl (C=O) groups is 3. The molecule has 2 amide bonds. The van der Waals surface area contributed by atoms with Crippen molar-refractivity contribution in [2.24, 2.45) is 5.92 Å². The third-order valence-electron chi connectivity index (χ3n) is 4.52. The van der Waals surface area contributed by atoms with Crippen molar-refractivity contribution in [2.75, 3.05) is 18.1 Å². The van der Waals surface area contributed by atoms with Gasteiger partial charge in [-0.2, -0.15) is 0 Å². The lowest BCUT2D eigenvalue weighted by molar-refractivity contribution is -0.157. The van der Waals surface area contributed by atoms with Crippen molar-refractivity contribution in [3.05, 3.63) is 29.8 Å². The van der Waals surface area contributed by atoms with Crippen LogP contribution in [-0.4, -0.2) is 41.5 Å². The molecule has 1 aromatic rings. The van der Waals surface area contributed by atoms with Crippen molar-refractivity contribution in [1.29, 1.82) is 0 Å². The van der Waals surface area contributed by atoms with Crippen LogP contribution in [0.4, 0.5) is 5.69 Å². The zero-order chi connectivity index (χ0) is 17.5. The van der Waals surface area contributed by atoms with Gasteiger partial charge in [0.05, 0.1) is 17.9 Å². The highest BCUT2D eigenvalue weighted by Crippen LogP contribution is 2.45. The van der Waals surface area contributed by atoms with E-state index < -0.39 is 11.6 Å². The molecule has 3 rings (SSSR count). The van der Waals surface area contributed by atoms with Crippen molar-refractivity contribution in [2.45, 2.75) is 39.3 Å². The summed E-state index contributed by atoms with van der Waals surface area (Å²) in [4.78, 5) is 41.6. The Morgan fingerprint density at radius 2 is 2.00 bits per heavy atom. The molecule has 24 heavy (non-hydrogen) atoms. The van der Waals surface area contributed by atoms with Crippen LogP contribution >= 0.6 is 0 Å². The van der Waals surface area contributed by atoms with Crippen LogP contribution in [-0.2, 0) is 14.3 Å². The van der Waals surface area contributed by atoms with Gasteiger partial charge in [-0.3, -0.25) is 14.5 Å². The Labute approximate surface area is 141 Å². The summed E-state index contributed by atoms with van der Waals surface area (Å²) in [5.74, 6) is -0.752. The number of hydrogen-bond donors (Lipinski definition) is 0. The van der Waals surface area contributed by atoms with E-state index in [9.17, 15) is 14.4 Å². The molecule has 0 radical (unpaired) electrons. The highest BCUT2D eigenvalue weighted by Gasteiger charge is 2.61. The normalized spacial score (nSPS) is 22.7. The molecule has 128 valence electrons. The van der Waals surface area contributed by atoms with Crippen molar-refractivity contribution < 1.29 is 19.1 Å². The predicted molar refractivity (Wildman–Crippen MR) is 88.4 cm³/mol. The first kappa shape index (κ1) is 16.5. The summed E-state index contributed by atoms with van der Waals surface area (Å²) in [6.45, 7) is 6.27. The molecule has 1 fully saturated rings. The molecular weight excluding hydrogens is 308 g/mol. The third-order valence-corrected chi connectivity index (χ3v) is 4.52. The zero-order valence-electron chi connectivity index (χ0n) is 14.2. The van der Waals surface area contributed by atoms with Crippen LogP contribution in [0.25, 0.3) is 0 Å². The van der Waals surface area contributed by atoms with E-state index in [1.807, 2.05) is 13.8 Å². The maximum absolute atomic E-state index is 13.1. The van der Waals surface area contributed by atoms with E-state index in [0.717, 1.165) is 0 Å². The van der Waals surface area contributed by atoms with Crippen molar-refractivity contribution >= 4 is 23.5 Å². The van der Waals surface area contributed by atoms with Crippen molar-refractivity contribution in [1.82, 2.24) is 4.90 Å². The summed E-state index contributed by atoms with van der Waals surface area (Å²) in [5, 5.41) is 0. The molecule has 6 heteroatoms. The lowest BCUT2D eigenvalue weighted by Gasteiger charge is -2.48. The summed E-state index contributed by atoms with van der Waals surface area (Å²) >= 11 is 0. The van der Waals surface area contributed by atoms with Gasteiger partial charge in [-0.25, -0.2) is 4.79 Å². The number of anilines is 1. The van der Waals surface area contributed by atoms with Gasteiger partial charge in [0.15, 0.2) is 0 Å².